The molecule has 158 valence electrons. The van der Waals surface area contributed by atoms with E-state index >= 15 is 0 Å². The molecule has 8 nitrogen and oxygen atoms in total. The minimum Gasteiger partial charge on any atom is -0.503 e. The van der Waals surface area contributed by atoms with Gasteiger partial charge in [0.2, 0.25) is 5.78 Å². The number of amides is 1. The first-order valence-electron chi connectivity index (χ1n) is 10.1. The second-order valence-corrected chi connectivity index (χ2v) is 7.46. The smallest absolute Gasteiger partial charge is 0.290 e. The van der Waals surface area contributed by atoms with Crippen molar-refractivity contribution in [1.82, 2.24) is 14.8 Å². The maximum Gasteiger partial charge on any atom is 0.290 e. The summed E-state index contributed by atoms with van der Waals surface area (Å²) in [5.41, 5.74) is 0.548. The maximum atomic E-state index is 13.1. The Bertz CT molecular complexity index is 947. The molecule has 0 spiro atoms. The molecule has 4 rings (SSSR count). The number of ether oxygens (including phenoxy) is 1. The predicted octanol–water partition coefficient (Wildman–Crippen LogP) is 2.28. The first-order chi connectivity index (χ1) is 14.6. The van der Waals surface area contributed by atoms with E-state index in [9.17, 15) is 14.7 Å². The third kappa shape index (κ3) is 4.01. The number of Topliss-reactive ketones (excluding diaryl/α,β-unsaturated/α-hetero) is 1. The van der Waals surface area contributed by atoms with Crippen LogP contribution in [0.3, 0.4) is 0 Å². The Morgan fingerprint density at radius 3 is 2.67 bits per heavy atom. The lowest BCUT2D eigenvalue weighted by molar-refractivity contribution is -0.129. The zero-order valence-electron chi connectivity index (χ0n) is 16.9. The van der Waals surface area contributed by atoms with Crippen LogP contribution in [0.4, 0.5) is 0 Å². The Hall–Kier alpha value is -2.97. The fourth-order valence-electron chi connectivity index (χ4n) is 3.94. The van der Waals surface area contributed by atoms with Crippen LogP contribution in [0.2, 0.25) is 0 Å². The quantitative estimate of drug-likeness (QED) is 0.698. The zero-order valence-corrected chi connectivity index (χ0v) is 16.9. The van der Waals surface area contributed by atoms with Gasteiger partial charge in [0.15, 0.2) is 11.5 Å². The van der Waals surface area contributed by atoms with Crippen molar-refractivity contribution in [2.75, 3.05) is 39.4 Å². The number of carbonyl (C=O) groups is 2. The van der Waals surface area contributed by atoms with Gasteiger partial charge in [0, 0.05) is 32.4 Å². The van der Waals surface area contributed by atoms with Crippen molar-refractivity contribution in [3.05, 3.63) is 65.1 Å². The third-order valence-electron chi connectivity index (χ3n) is 5.46. The van der Waals surface area contributed by atoms with Crippen LogP contribution < -0.4 is 0 Å². The minimum absolute atomic E-state index is 0.0134. The number of hydrogen-bond donors (Lipinski definition) is 1. The molecule has 0 saturated carbocycles. The van der Waals surface area contributed by atoms with Gasteiger partial charge in [-0.15, -0.1) is 0 Å². The number of morpholine rings is 1. The lowest BCUT2D eigenvalue weighted by Crippen LogP contribution is -2.39. The van der Waals surface area contributed by atoms with E-state index in [1.54, 1.807) is 43.5 Å². The lowest BCUT2D eigenvalue weighted by Gasteiger charge is -2.29. The van der Waals surface area contributed by atoms with Crippen LogP contribution in [0.1, 0.15) is 34.5 Å². The number of nitrogens with zero attached hydrogens (tertiary/aromatic N) is 3. The molecule has 4 heterocycles. The van der Waals surface area contributed by atoms with Crippen LogP contribution in [-0.4, -0.2) is 71.0 Å². The first kappa shape index (κ1) is 20.3. The molecule has 2 aliphatic rings. The molecule has 30 heavy (non-hydrogen) atoms. The van der Waals surface area contributed by atoms with Crippen LogP contribution in [0.15, 0.2) is 52.3 Å². The van der Waals surface area contributed by atoms with Gasteiger partial charge >= 0.3 is 0 Å². The summed E-state index contributed by atoms with van der Waals surface area (Å²) in [4.78, 5) is 34.2. The van der Waals surface area contributed by atoms with E-state index in [1.807, 2.05) is 0 Å². The van der Waals surface area contributed by atoms with Gasteiger partial charge in [-0.1, -0.05) is 6.07 Å². The van der Waals surface area contributed by atoms with Crippen LogP contribution in [0, 0.1) is 6.92 Å². The van der Waals surface area contributed by atoms with E-state index in [2.05, 4.69) is 9.88 Å². The van der Waals surface area contributed by atoms with Crippen molar-refractivity contribution in [1.29, 1.82) is 0 Å². The highest BCUT2D eigenvalue weighted by Crippen LogP contribution is 2.38. The number of aliphatic hydroxyl groups is 1. The summed E-state index contributed by atoms with van der Waals surface area (Å²) in [5.74, 6) is -0.909. The van der Waals surface area contributed by atoms with Crippen molar-refractivity contribution < 1.29 is 23.8 Å². The number of furan rings is 1. The molecule has 0 bridgehead atoms. The number of pyridine rings is 1. The van der Waals surface area contributed by atoms with Crippen molar-refractivity contribution in [2.24, 2.45) is 0 Å². The predicted molar refractivity (Wildman–Crippen MR) is 108 cm³/mol. The minimum atomic E-state index is -0.749. The van der Waals surface area contributed by atoms with E-state index in [4.69, 9.17) is 9.15 Å². The molecular weight excluding hydrogens is 386 g/mol. The molecule has 2 aromatic heterocycles. The molecule has 0 aromatic carbocycles. The second kappa shape index (κ2) is 8.81. The van der Waals surface area contributed by atoms with Crippen molar-refractivity contribution in [3.8, 4) is 0 Å². The summed E-state index contributed by atoms with van der Waals surface area (Å²) in [6.07, 6.45) is 2.32. The average molecular weight is 411 g/mol. The van der Waals surface area contributed by atoms with E-state index < -0.39 is 23.5 Å². The number of hydrogen-bond acceptors (Lipinski definition) is 7. The monoisotopic (exact) mass is 411 g/mol. The van der Waals surface area contributed by atoms with Crippen molar-refractivity contribution in [3.63, 3.8) is 0 Å². The number of ketones is 1. The number of rotatable bonds is 7. The second-order valence-electron chi connectivity index (χ2n) is 7.46. The van der Waals surface area contributed by atoms with Gasteiger partial charge in [-0.3, -0.25) is 19.5 Å². The topological polar surface area (TPSA) is 96.1 Å². The van der Waals surface area contributed by atoms with Gasteiger partial charge < -0.3 is 19.2 Å². The molecule has 0 aliphatic carbocycles. The number of carbonyl (C=O) groups excluding carboxylic acids is 2. The molecular formula is C22H25N3O5. The molecule has 8 heteroatoms. The summed E-state index contributed by atoms with van der Waals surface area (Å²) in [5, 5.41) is 10.6. The highest BCUT2D eigenvalue weighted by Gasteiger charge is 2.44. The van der Waals surface area contributed by atoms with E-state index in [-0.39, 0.29) is 11.3 Å². The Morgan fingerprint density at radius 1 is 1.20 bits per heavy atom. The Morgan fingerprint density at radius 2 is 2.00 bits per heavy atom. The van der Waals surface area contributed by atoms with Gasteiger partial charge in [-0.25, -0.2) is 0 Å². The van der Waals surface area contributed by atoms with E-state index in [0.717, 1.165) is 19.6 Å². The molecule has 0 unspecified atom stereocenters. The van der Waals surface area contributed by atoms with Gasteiger partial charge in [0.25, 0.3) is 5.91 Å². The zero-order chi connectivity index (χ0) is 21.1. The molecule has 1 atom stereocenters. The molecule has 1 fully saturated rings. The van der Waals surface area contributed by atoms with Gasteiger partial charge in [-0.2, -0.15) is 0 Å². The van der Waals surface area contributed by atoms with Crippen LogP contribution in [-0.2, 0) is 9.53 Å². The van der Waals surface area contributed by atoms with Crippen molar-refractivity contribution in [2.45, 2.75) is 19.4 Å². The number of aryl methyl sites for hydroxylation is 1. The van der Waals surface area contributed by atoms with Gasteiger partial charge in [0.05, 0.1) is 24.5 Å². The Labute approximate surface area is 174 Å². The molecule has 0 radical (unpaired) electrons. The fraction of sp³-hybridized carbons (Fsp3) is 0.409. The summed E-state index contributed by atoms with van der Waals surface area (Å²) in [6, 6.07) is 7.81. The summed E-state index contributed by atoms with van der Waals surface area (Å²) < 4.78 is 10.8. The Balaban J connectivity index is 1.58. The Kier molecular flexibility index (Phi) is 5.96. The molecule has 1 amide bonds. The van der Waals surface area contributed by atoms with E-state index in [0.29, 0.717) is 37.6 Å². The van der Waals surface area contributed by atoms with Gasteiger partial charge in [0.1, 0.15) is 11.8 Å². The van der Waals surface area contributed by atoms with Crippen LogP contribution in [0.5, 0.6) is 0 Å². The standard InChI is InChI=1S/C22H25N3O5/c1-15-6-7-17(30-15)20(26)18-19(16-5-2-3-8-23-16)25(22(28)21(18)27)10-4-9-24-11-13-29-14-12-24/h2-3,5-8,19,27H,4,9-14H2,1H3/t19-/m0/s1. The van der Waals surface area contributed by atoms with Crippen LogP contribution in [0.25, 0.3) is 0 Å². The number of aliphatic hydroxyl groups excluding tert-OH is 1. The molecule has 1 saturated heterocycles. The van der Waals surface area contributed by atoms with Crippen molar-refractivity contribution >= 4 is 11.7 Å². The normalized spacial score (nSPS) is 20.2. The highest BCUT2D eigenvalue weighted by atomic mass is 16.5. The summed E-state index contributed by atoms with van der Waals surface area (Å²) >= 11 is 0. The third-order valence-corrected chi connectivity index (χ3v) is 5.46. The summed E-state index contributed by atoms with van der Waals surface area (Å²) in [6.45, 7) is 6.09. The lowest BCUT2D eigenvalue weighted by atomic mass is 9.98. The van der Waals surface area contributed by atoms with E-state index in [1.165, 1.54) is 4.90 Å². The first-order valence-corrected chi connectivity index (χ1v) is 10.1. The molecule has 1 N–H and O–H groups in total. The highest BCUT2D eigenvalue weighted by molar-refractivity contribution is 6.14. The average Bonchev–Trinajstić information content (AvgIpc) is 3.31. The maximum absolute atomic E-state index is 13.1. The fourth-order valence-corrected chi connectivity index (χ4v) is 3.94. The molecule has 2 aromatic rings. The molecule has 2 aliphatic heterocycles. The largest absolute Gasteiger partial charge is 0.503 e. The SMILES string of the molecule is Cc1ccc(C(=O)C2=C(O)C(=O)N(CCCN3CCOCC3)[C@H]2c2ccccn2)o1. The van der Waals surface area contributed by atoms with Crippen LogP contribution >= 0.6 is 0 Å². The number of aromatic nitrogens is 1. The summed E-state index contributed by atoms with van der Waals surface area (Å²) in [7, 11) is 0. The van der Waals surface area contributed by atoms with Gasteiger partial charge in [-0.05, 0) is 37.6 Å².